The molecular weight excluding hydrogens is 510 g/mol. The number of thioether (sulfide) groups is 1. The molecule has 3 amide bonds. The van der Waals surface area contributed by atoms with Crippen LogP contribution in [0.3, 0.4) is 0 Å². The Labute approximate surface area is 222 Å². The van der Waals surface area contributed by atoms with Gasteiger partial charge in [0.05, 0.1) is 23.5 Å². The zero-order valence-electron chi connectivity index (χ0n) is 20.5. The lowest BCUT2D eigenvalue weighted by molar-refractivity contribution is -0.385. The fraction of sp³-hybridized carbons (Fsp3) is 0.148. The average Bonchev–Trinajstić information content (AvgIpc) is 3.16. The number of aryl methyl sites for hydroxylation is 1. The maximum atomic E-state index is 12.9. The first kappa shape index (κ1) is 26.4. The fourth-order valence-corrected chi connectivity index (χ4v) is 4.55. The Balaban J connectivity index is 1.45. The van der Waals surface area contributed by atoms with E-state index in [1.165, 1.54) is 31.4 Å². The molecule has 0 radical (unpaired) electrons. The lowest BCUT2D eigenvalue weighted by atomic mass is 10.1. The lowest BCUT2D eigenvalue weighted by Gasteiger charge is -2.13. The van der Waals surface area contributed by atoms with Crippen LogP contribution in [0, 0.1) is 17.0 Å². The molecule has 194 valence electrons. The predicted molar refractivity (Wildman–Crippen MR) is 143 cm³/mol. The molecule has 1 fully saturated rings. The highest BCUT2D eigenvalue weighted by atomic mass is 32.2. The quantitative estimate of drug-likeness (QED) is 0.227. The van der Waals surface area contributed by atoms with Crippen molar-refractivity contribution < 1.29 is 28.8 Å². The van der Waals surface area contributed by atoms with Gasteiger partial charge in [-0.1, -0.05) is 42.5 Å². The third kappa shape index (κ3) is 6.01. The van der Waals surface area contributed by atoms with E-state index in [1.807, 2.05) is 25.1 Å². The second-order valence-electron chi connectivity index (χ2n) is 8.22. The highest BCUT2D eigenvalue weighted by Gasteiger charge is 2.36. The number of hydrogen-bond acceptors (Lipinski definition) is 8. The Morgan fingerprint density at radius 2 is 1.82 bits per heavy atom. The maximum Gasteiger partial charge on any atom is 0.293 e. The number of amides is 3. The van der Waals surface area contributed by atoms with Crippen molar-refractivity contribution in [3.05, 3.63) is 98.4 Å². The molecule has 38 heavy (non-hydrogen) atoms. The Morgan fingerprint density at radius 1 is 1.08 bits per heavy atom. The van der Waals surface area contributed by atoms with E-state index in [4.69, 9.17) is 9.47 Å². The van der Waals surface area contributed by atoms with Crippen LogP contribution in [0.1, 0.15) is 16.7 Å². The number of methoxy groups -OCH3 is 1. The molecule has 10 nitrogen and oxygen atoms in total. The van der Waals surface area contributed by atoms with Crippen molar-refractivity contribution in [2.45, 2.75) is 13.5 Å². The van der Waals surface area contributed by atoms with E-state index in [1.54, 1.807) is 30.3 Å². The number of anilines is 1. The number of imide groups is 1. The summed E-state index contributed by atoms with van der Waals surface area (Å²) in [7, 11) is 1.44. The zero-order valence-corrected chi connectivity index (χ0v) is 21.3. The van der Waals surface area contributed by atoms with Crippen LogP contribution in [-0.4, -0.2) is 40.6 Å². The third-order valence-electron chi connectivity index (χ3n) is 5.65. The lowest BCUT2D eigenvalue weighted by Crippen LogP contribution is -2.27. The highest BCUT2D eigenvalue weighted by Crippen LogP contribution is 2.36. The van der Waals surface area contributed by atoms with E-state index in [0.717, 1.165) is 22.2 Å². The molecule has 1 N–H and O–H groups in total. The fourth-order valence-electron chi connectivity index (χ4n) is 3.72. The normalized spacial score (nSPS) is 14.1. The van der Waals surface area contributed by atoms with E-state index in [-0.39, 0.29) is 35.2 Å². The number of nitro groups is 1. The monoisotopic (exact) mass is 533 g/mol. The molecule has 0 spiro atoms. The number of nitrogens with zero attached hydrogens (tertiary/aromatic N) is 2. The smallest absolute Gasteiger partial charge is 0.293 e. The van der Waals surface area contributed by atoms with Gasteiger partial charge >= 0.3 is 0 Å². The van der Waals surface area contributed by atoms with Gasteiger partial charge in [-0.25, -0.2) is 0 Å². The van der Waals surface area contributed by atoms with E-state index < -0.39 is 16.1 Å². The minimum atomic E-state index is -0.551. The van der Waals surface area contributed by atoms with Crippen molar-refractivity contribution in [2.75, 3.05) is 19.0 Å². The summed E-state index contributed by atoms with van der Waals surface area (Å²) in [6.07, 6.45) is 1.53. The second kappa shape index (κ2) is 11.6. The molecule has 1 saturated heterocycles. The molecule has 1 heterocycles. The van der Waals surface area contributed by atoms with Gasteiger partial charge < -0.3 is 14.8 Å². The first-order chi connectivity index (χ1) is 18.3. The summed E-state index contributed by atoms with van der Waals surface area (Å²) in [4.78, 5) is 49.6. The summed E-state index contributed by atoms with van der Waals surface area (Å²) in [5, 5.41) is 13.6. The first-order valence-corrected chi connectivity index (χ1v) is 12.2. The van der Waals surface area contributed by atoms with Crippen LogP contribution in [0.2, 0.25) is 0 Å². The predicted octanol–water partition coefficient (Wildman–Crippen LogP) is 5.17. The molecular formula is C27H23N3O7S. The van der Waals surface area contributed by atoms with Crippen LogP contribution in [0.15, 0.2) is 71.6 Å². The standard InChI is InChI=1S/C27H23N3O7S/c1-17-7-3-5-9-20(17)28-25(31)16-37-22-12-11-18(13-23(22)36-2)14-24-26(32)29(27(33)38-24)15-19-8-4-6-10-21(19)30(34)35/h3-14H,15-16H2,1-2H3,(H,28,31)/b24-14-. The number of nitrogens with one attached hydrogen (secondary N) is 1. The molecule has 11 heteroatoms. The second-order valence-corrected chi connectivity index (χ2v) is 9.21. The molecule has 0 aliphatic carbocycles. The molecule has 0 atom stereocenters. The summed E-state index contributed by atoms with van der Waals surface area (Å²) in [5.41, 5.74) is 2.28. The van der Waals surface area contributed by atoms with Crippen LogP contribution < -0.4 is 14.8 Å². The molecule has 0 aromatic heterocycles. The maximum absolute atomic E-state index is 12.9. The molecule has 3 aromatic carbocycles. The van der Waals surface area contributed by atoms with Crippen molar-refractivity contribution >= 4 is 46.3 Å². The summed E-state index contributed by atoms with van der Waals surface area (Å²) in [5.74, 6) is -0.223. The molecule has 0 unspecified atom stereocenters. The van der Waals surface area contributed by atoms with E-state index in [2.05, 4.69) is 5.32 Å². The highest BCUT2D eigenvalue weighted by molar-refractivity contribution is 8.18. The SMILES string of the molecule is COc1cc(/C=C2\SC(=O)N(Cc3ccccc3[N+](=O)[O-])C2=O)ccc1OCC(=O)Nc1ccccc1C. The number of para-hydroxylation sites is 2. The Hall–Kier alpha value is -4.64. The van der Waals surface area contributed by atoms with Gasteiger partial charge in [0.2, 0.25) is 0 Å². The van der Waals surface area contributed by atoms with E-state index in [0.29, 0.717) is 22.7 Å². The molecule has 3 aromatic rings. The molecule has 1 aliphatic rings. The van der Waals surface area contributed by atoms with Gasteiger partial charge in [-0.3, -0.25) is 29.4 Å². The van der Waals surface area contributed by atoms with Crippen LogP contribution in [0.25, 0.3) is 6.08 Å². The van der Waals surface area contributed by atoms with Gasteiger partial charge in [0.1, 0.15) is 0 Å². The molecule has 1 aliphatic heterocycles. The van der Waals surface area contributed by atoms with Gasteiger partial charge in [-0.2, -0.15) is 0 Å². The number of nitro benzene ring substituents is 1. The van der Waals surface area contributed by atoms with Crippen molar-refractivity contribution in [1.82, 2.24) is 4.90 Å². The van der Waals surface area contributed by atoms with E-state index in [9.17, 15) is 24.5 Å². The molecule has 4 rings (SSSR count). The van der Waals surface area contributed by atoms with Gasteiger partial charge in [-0.15, -0.1) is 0 Å². The minimum Gasteiger partial charge on any atom is -0.493 e. The topological polar surface area (TPSA) is 128 Å². The van der Waals surface area contributed by atoms with E-state index >= 15 is 0 Å². The Bertz CT molecular complexity index is 1450. The number of ether oxygens (including phenoxy) is 2. The van der Waals surface area contributed by atoms with Crippen molar-refractivity contribution in [3.8, 4) is 11.5 Å². The van der Waals surface area contributed by atoms with Crippen molar-refractivity contribution in [3.63, 3.8) is 0 Å². The van der Waals surface area contributed by atoms with Gasteiger partial charge in [0.25, 0.3) is 22.7 Å². The Kier molecular flexibility index (Phi) is 8.07. The number of carbonyl (C=O) groups excluding carboxylic acids is 3. The average molecular weight is 534 g/mol. The summed E-state index contributed by atoms with van der Waals surface area (Å²) in [6.45, 7) is 1.44. The molecule has 0 bridgehead atoms. The van der Waals surface area contributed by atoms with Crippen LogP contribution in [-0.2, 0) is 16.1 Å². The van der Waals surface area contributed by atoms with Crippen LogP contribution >= 0.6 is 11.8 Å². The zero-order chi connectivity index (χ0) is 27.2. The molecule has 0 saturated carbocycles. The number of rotatable bonds is 9. The van der Waals surface area contributed by atoms with Crippen molar-refractivity contribution in [1.29, 1.82) is 0 Å². The number of carbonyl (C=O) groups is 3. The van der Waals surface area contributed by atoms with Crippen molar-refractivity contribution in [2.24, 2.45) is 0 Å². The number of hydrogen-bond donors (Lipinski definition) is 1. The summed E-state index contributed by atoms with van der Waals surface area (Å²) >= 11 is 0.748. The van der Waals surface area contributed by atoms with Crippen LogP contribution in [0.4, 0.5) is 16.2 Å². The van der Waals surface area contributed by atoms with Gasteiger partial charge in [0, 0.05) is 17.3 Å². The number of benzene rings is 3. The first-order valence-electron chi connectivity index (χ1n) is 11.4. The largest absolute Gasteiger partial charge is 0.493 e. The van der Waals surface area contributed by atoms with Gasteiger partial charge in [0.15, 0.2) is 18.1 Å². The van der Waals surface area contributed by atoms with Crippen LogP contribution in [0.5, 0.6) is 11.5 Å². The van der Waals surface area contributed by atoms with Gasteiger partial charge in [-0.05, 0) is 54.1 Å². The summed E-state index contributed by atoms with van der Waals surface area (Å²) in [6, 6.07) is 18.2. The Morgan fingerprint density at radius 3 is 2.55 bits per heavy atom. The third-order valence-corrected chi connectivity index (χ3v) is 6.56. The summed E-state index contributed by atoms with van der Waals surface area (Å²) < 4.78 is 11.0. The minimum absolute atomic E-state index is 0.163.